The molecule has 0 aromatic carbocycles. The van der Waals surface area contributed by atoms with Gasteiger partial charge in [0.15, 0.2) is 17.7 Å². The van der Waals surface area contributed by atoms with Gasteiger partial charge in [0.05, 0.1) is 23.9 Å². The highest BCUT2D eigenvalue weighted by molar-refractivity contribution is 6.08. The molecular formula is C37H60FN5O10. The van der Waals surface area contributed by atoms with E-state index in [1.807, 2.05) is 18.9 Å². The van der Waals surface area contributed by atoms with Crippen LogP contribution >= 0.6 is 0 Å². The number of nitrogens with zero attached hydrogens (tertiary/aromatic N) is 5. The lowest BCUT2D eigenvalue weighted by molar-refractivity contribution is -0.296. The zero-order chi connectivity index (χ0) is 40.1. The van der Waals surface area contributed by atoms with Crippen LogP contribution in [-0.2, 0) is 38.1 Å². The van der Waals surface area contributed by atoms with Gasteiger partial charge in [0.2, 0.25) is 0 Å². The number of carbonyl (C=O) groups excluding carboxylic acids is 4. The van der Waals surface area contributed by atoms with Crippen LogP contribution in [0.25, 0.3) is 10.4 Å². The fourth-order valence-electron chi connectivity index (χ4n) is 8.49. The third kappa shape index (κ3) is 9.22. The van der Waals surface area contributed by atoms with Crippen molar-refractivity contribution in [2.75, 3.05) is 33.8 Å². The number of azide groups is 1. The predicted octanol–water partition coefficient (Wildman–Crippen LogP) is 4.93. The molecule has 0 saturated carbocycles. The molecule has 0 radical (unpaired) electrons. The summed E-state index contributed by atoms with van der Waals surface area (Å²) in [5.41, 5.74) is 2.39. The Kier molecular flexibility index (Phi) is 15.0. The maximum atomic E-state index is 16.8. The number of carbonyl (C=O) groups is 4. The number of methoxy groups -OCH3 is 1. The molecule has 13 atom stereocenters. The van der Waals surface area contributed by atoms with Crippen molar-refractivity contribution in [3.63, 3.8) is 0 Å². The Balaban J connectivity index is 2.14. The molecule has 53 heavy (non-hydrogen) atoms. The molecule has 0 aromatic heterocycles. The Morgan fingerprint density at radius 2 is 1.81 bits per heavy atom. The number of aliphatic hydroxyl groups excluding tert-OH is 1. The van der Waals surface area contributed by atoms with Gasteiger partial charge in [-0.3, -0.25) is 14.5 Å². The monoisotopic (exact) mass is 753 g/mol. The zero-order valence-corrected chi connectivity index (χ0v) is 33.0. The predicted molar refractivity (Wildman–Crippen MR) is 192 cm³/mol. The number of ketones is 2. The summed E-state index contributed by atoms with van der Waals surface area (Å²) in [4.78, 5) is 62.0. The van der Waals surface area contributed by atoms with E-state index >= 15 is 4.39 Å². The number of hydrogen-bond donors (Lipinski definition) is 1. The molecule has 3 heterocycles. The summed E-state index contributed by atoms with van der Waals surface area (Å²) in [5.74, 6) is -5.93. The Morgan fingerprint density at radius 1 is 1.15 bits per heavy atom. The van der Waals surface area contributed by atoms with Crippen molar-refractivity contribution in [2.24, 2.45) is 22.9 Å². The van der Waals surface area contributed by atoms with E-state index in [-0.39, 0.29) is 37.8 Å². The lowest BCUT2D eigenvalue weighted by Crippen LogP contribution is -2.62. The van der Waals surface area contributed by atoms with Crippen LogP contribution in [-0.4, -0.2) is 132 Å². The topological polar surface area (TPSA) is 190 Å². The van der Waals surface area contributed by atoms with Gasteiger partial charge < -0.3 is 33.7 Å². The molecule has 0 unspecified atom stereocenters. The van der Waals surface area contributed by atoms with E-state index in [4.69, 9.17) is 29.2 Å². The zero-order valence-electron chi connectivity index (χ0n) is 33.0. The number of ether oxygens (including phenoxy) is 5. The molecule has 3 saturated heterocycles. The molecule has 1 N–H and O–H groups in total. The first-order valence-corrected chi connectivity index (χ1v) is 18.6. The Bertz CT molecular complexity index is 1400. The molecule has 300 valence electrons. The van der Waals surface area contributed by atoms with Crippen LogP contribution in [0, 0.1) is 17.8 Å². The second-order valence-electron chi connectivity index (χ2n) is 15.5. The average Bonchev–Trinajstić information content (AvgIpc) is 3.37. The van der Waals surface area contributed by atoms with E-state index in [0.717, 1.165) is 6.92 Å². The van der Waals surface area contributed by atoms with Crippen LogP contribution in [0.3, 0.4) is 0 Å². The molecule has 3 rings (SSSR count). The van der Waals surface area contributed by atoms with Crippen LogP contribution in [0.1, 0.15) is 87.5 Å². The van der Waals surface area contributed by atoms with Crippen molar-refractivity contribution in [2.45, 2.75) is 147 Å². The number of fused-ring (bicyclic) bond motifs is 1. The van der Waals surface area contributed by atoms with Crippen molar-refractivity contribution in [1.29, 1.82) is 0 Å². The fourth-order valence-corrected chi connectivity index (χ4v) is 8.49. The maximum Gasteiger partial charge on any atom is 0.410 e. The van der Waals surface area contributed by atoms with Gasteiger partial charge in [0.25, 0.3) is 5.67 Å². The molecule has 1 amide bonds. The van der Waals surface area contributed by atoms with Gasteiger partial charge in [-0.15, -0.1) is 6.58 Å². The molecule has 3 aliphatic rings. The minimum absolute atomic E-state index is 0.0256. The molecule has 16 heteroatoms. The summed E-state index contributed by atoms with van der Waals surface area (Å²) in [6.07, 6.45) is -3.08. The van der Waals surface area contributed by atoms with Crippen molar-refractivity contribution < 1.29 is 52.4 Å². The van der Waals surface area contributed by atoms with Gasteiger partial charge in [-0.25, -0.2) is 14.0 Å². The van der Waals surface area contributed by atoms with Crippen LogP contribution in [0.5, 0.6) is 0 Å². The molecule has 3 aliphatic heterocycles. The highest BCUT2D eigenvalue weighted by Gasteiger charge is 2.61. The lowest BCUT2D eigenvalue weighted by Gasteiger charge is -2.47. The minimum atomic E-state index is -3.19. The number of alkyl halides is 1. The van der Waals surface area contributed by atoms with Crippen LogP contribution in [0.15, 0.2) is 17.8 Å². The largest absolute Gasteiger partial charge is 0.455 e. The SMILES string of the molecule is C=CCN(C)[C@H]1C[C@@H](C)O[C@@H](O[C@@H]2[C@@H](C)C(=O)[C@](C)(F)C(=O)O[C@H](CC)[C@@]3(C)OC(=O)N(CCCCN=[N+]=[N-])[C@@H]3[C@@H](C)C(=O)[C@H](C)C[C@@]2(C)OC)[C@@H]1O. The van der Waals surface area contributed by atoms with E-state index in [0.29, 0.717) is 25.8 Å². The van der Waals surface area contributed by atoms with E-state index in [1.54, 1.807) is 40.7 Å². The highest BCUT2D eigenvalue weighted by Crippen LogP contribution is 2.43. The second-order valence-corrected chi connectivity index (χ2v) is 15.5. The van der Waals surface area contributed by atoms with Gasteiger partial charge in [-0.1, -0.05) is 38.9 Å². The fraction of sp³-hybridized carbons (Fsp3) is 0.838. The Hall–Kier alpha value is -3.14. The molecule has 0 aliphatic carbocycles. The normalized spacial score (nSPS) is 40.2. The third-order valence-corrected chi connectivity index (χ3v) is 11.5. The number of aliphatic hydroxyl groups is 1. The number of amides is 1. The maximum absolute atomic E-state index is 16.8. The average molecular weight is 754 g/mol. The quantitative estimate of drug-likeness (QED) is 0.0541. The number of cyclic esters (lactones) is 1. The number of halogens is 1. The van der Waals surface area contributed by atoms with Crippen LogP contribution in [0.4, 0.5) is 9.18 Å². The summed E-state index contributed by atoms with van der Waals surface area (Å²) < 4.78 is 47.1. The van der Waals surface area contributed by atoms with E-state index in [2.05, 4.69) is 16.6 Å². The van der Waals surface area contributed by atoms with Gasteiger partial charge in [0, 0.05) is 55.5 Å². The first-order chi connectivity index (χ1) is 24.7. The molecule has 0 spiro atoms. The smallest absolute Gasteiger partial charge is 0.410 e. The molecule has 15 nitrogen and oxygen atoms in total. The second kappa shape index (κ2) is 18.0. The van der Waals surface area contributed by atoms with E-state index in [9.17, 15) is 24.3 Å². The summed E-state index contributed by atoms with van der Waals surface area (Å²) in [6, 6.07) is -1.37. The van der Waals surface area contributed by atoms with E-state index in [1.165, 1.54) is 18.9 Å². The molecule has 0 bridgehead atoms. The number of hydrogen-bond acceptors (Lipinski definition) is 12. The number of unbranched alkanes of at least 4 members (excludes halogenated alkanes) is 1. The summed E-state index contributed by atoms with van der Waals surface area (Å²) in [6.45, 7) is 16.9. The number of likely N-dealkylation sites (N-methyl/N-ethyl adjacent to an activating group) is 1. The van der Waals surface area contributed by atoms with E-state index < -0.39 is 89.2 Å². The van der Waals surface area contributed by atoms with Crippen LogP contribution < -0.4 is 0 Å². The van der Waals surface area contributed by atoms with Crippen molar-refractivity contribution in [3.8, 4) is 0 Å². The summed E-state index contributed by atoms with van der Waals surface area (Å²) >= 11 is 0. The Labute approximate surface area is 312 Å². The highest BCUT2D eigenvalue weighted by atomic mass is 19.1. The first-order valence-electron chi connectivity index (χ1n) is 18.6. The Morgan fingerprint density at radius 3 is 2.40 bits per heavy atom. The lowest BCUT2D eigenvalue weighted by atomic mass is 9.73. The third-order valence-electron chi connectivity index (χ3n) is 11.5. The van der Waals surface area contributed by atoms with Crippen LogP contribution in [0.2, 0.25) is 0 Å². The molecular weight excluding hydrogens is 693 g/mol. The summed E-state index contributed by atoms with van der Waals surface area (Å²) in [7, 11) is 3.21. The standard InChI is InChI=1S/C37H60FN5O10/c1-12-17-42(10)25-19-22(4)50-32(28(25)45)52-31-24(6)30(46)36(8,38)33(47)51-26(13-2)37(9)29(23(5)27(44)21(3)20-35(31,7)49-11)43(34(48)53-37)18-15-14-16-40-41-39/h12,21-26,28-29,31-32,45H,1,13-20H2,2-11H3/t21-,22-,23+,24+,25+,26-,28-,29-,31-,32+,35-,36+,37-/m1/s1. The molecule has 3 fully saturated rings. The molecule has 0 aromatic rings. The first kappa shape index (κ1) is 44.3. The number of Topliss-reactive ketones (excluding diaryl/α,β-unsaturated/α-hetero) is 2. The van der Waals surface area contributed by atoms with Crippen molar-refractivity contribution >= 4 is 23.6 Å². The van der Waals surface area contributed by atoms with Crippen molar-refractivity contribution in [3.05, 3.63) is 23.1 Å². The summed E-state index contributed by atoms with van der Waals surface area (Å²) in [5, 5.41) is 15.1. The van der Waals surface area contributed by atoms with Gasteiger partial charge in [-0.05, 0) is 72.4 Å². The van der Waals surface area contributed by atoms with Gasteiger partial charge in [-0.2, -0.15) is 0 Å². The van der Waals surface area contributed by atoms with Gasteiger partial charge in [0.1, 0.15) is 18.0 Å². The van der Waals surface area contributed by atoms with Crippen molar-refractivity contribution in [1.82, 2.24) is 9.80 Å². The number of rotatable bonds is 12. The van der Waals surface area contributed by atoms with Gasteiger partial charge >= 0.3 is 12.1 Å². The minimum Gasteiger partial charge on any atom is -0.455 e. The number of esters is 1.